The second-order valence-electron chi connectivity index (χ2n) is 5.00. The first-order chi connectivity index (χ1) is 10.5. The summed E-state index contributed by atoms with van der Waals surface area (Å²) in [6, 6.07) is 9.61. The van der Waals surface area contributed by atoms with Gasteiger partial charge in [-0.05, 0) is 37.3 Å². The summed E-state index contributed by atoms with van der Waals surface area (Å²) in [4.78, 5) is 15.8. The Morgan fingerprint density at radius 1 is 1.09 bits per heavy atom. The van der Waals surface area contributed by atoms with Gasteiger partial charge in [0, 0.05) is 17.0 Å². The van der Waals surface area contributed by atoms with Crippen LogP contribution in [0, 0.1) is 18.6 Å². The first kappa shape index (κ1) is 14.1. The topological polar surface area (TPSA) is 50.2 Å². The maximum absolute atomic E-state index is 13.9. The molecule has 2 aromatic carbocycles. The number of nitrogens with zero attached hydrogens (tertiary/aromatic N) is 1. The normalized spacial score (nSPS) is 10.9. The van der Waals surface area contributed by atoms with Crippen molar-refractivity contribution in [1.82, 2.24) is 4.98 Å². The highest BCUT2D eigenvalue weighted by Gasteiger charge is 2.15. The first-order valence-electron chi connectivity index (χ1n) is 6.56. The number of halogens is 2. The van der Waals surface area contributed by atoms with Crippen LogP contribution >= 0.6 is 0 Å². The van der Waals surface area contributed by atoms with Gasteiger partial charge in [0.15, 0.2) is 0 Å². The van der Waals surface area contributed by atoms with Gasteiger partial charge in [-0.25, -0.2) is 18.6 Å². The molecule has 1 heterocycles. The average molecular weight is 299 g/mol. The third kappa shape index (κ3) is 2.41. The molecule has 0 aliphatic rings. The molecule has 0 bridgehead atoms. The summed E-state index contributed by atoms with van der Waals surface area (Å²) in [5.74, 6) is -2.60. The predicted octanol–water partition coefficient (Wildman–Crippen LogP) is 4.19. The molecular formula is C17H11F2NO2. The van der Waals surface area contributed by atoms with Crippen LogP contribution in [0.2, 0.25) is 0 Å². The summed E-state index contributed by atoms with van der Waals surface area (Å²) in [6.07, 6.45) is 0. The van der Waals surface area contributed by atoms with Crippen LogP contribution in [-0.4, -0.2) is 16.1 Å². The van der Waals surface area contributed by atoms with Crippen molar-refractivity contribution >= 4 is 16.9 Å². The standard InChI is InChI=1S/C17H11F2NO2/c1-9-2-5-15-12(6-9)13(17(21)22)8-16(20-15)11-4-3-10(18)7-14(11)19/h2-8H,1H3,(H,21,22). The Labute approximate surface area is 124 Å². The maximum Gasteiger partial charge on any atom is 0.336 e. The number of hydrogen-bond donors (Lipinski definition) is 1. The van der Waals surface area contributed by atoms with Gasteiger partial charge in [0.25, 0.3) is 0 Å². The van der Waals surface area contributed by atoms with Crippen molar-refractivity contribution in [2.45, 2.75) is 6.92 Å². The van der Waals surface area contributed by atoms with Gasteiger partial charge < -0.3 is 5.11 Å². The van der Waals surface area contributed by atoms with Gasteiger partial charge >= 0.3 is 5.97 Å². The number of hydrogen-bond acceptors (Lipinski definition) is 2. The highest BCUT2D eigenvalue weighted by atomic mass is 19.1. The number of benzene rings is 2. The van der Waals surface area contributed by atoms with Crippen molar-refractivity contribution in [2.75, 3.05) is 0 Å². The molecule has 0 amide bonds. The molecule has 5 heteroatoms. The fraction of sp³-hybridized carbons (Fsp3) is 0.0588. The predicted molar refractivity (Wildman–Crippen MR) is 78.8 cm³/mol. The summed E-state index contributed by atoms with van der Waals surface area (Å²) in [6.45, 7) is 1.85. The van der Waals surface area contributed by atoms with Gasteiger partial charge in [-0.2, -0.15) is 0 Å². The van der Waals surface area contributed by atoms with E-state index >= 15 is 0 Å². The zero-order chi connectivity index (χ0) is 15.9. The zero-order valence-corrected chi connectivity index (χ0v) is 11.6. The van der Waals surface area contributed by atoms with Crippen LogP contribution in [0.5, 0.6) is 0 Å². The Bertz CT molecular complexity index is 907. The van der Waals surface area contributed by atoms with Gasteiger partial charge in [-0.1, -0.05) is 11.6 Å². The Hall–Kier alpha value is -2.82. The van der Waals surface area contributed by atoms with E-state index in [4.69, 9.17) is 0 Å². The van der Waals surface area contributed by atoms with Crippen molar-refractivity contribution in [3.63, 3.8) is 0 Å². The molecule has 0 spiro atoms. The molecule has 0 unspecified atom stereocenters. The Morgan fingerprint density at radius 2 is 1.86 bits per heavy atom. The molecular weight excluding hydrogens is 288 g/mol. The number of carbonyl (C=O) groups is 1. The summed E-state index contributed by atoms with van der Waals surface area (Å²) < 4.78 is 26.9. The Kier molecular flexibility index (Phi) is 3.33. The SMILES string of the molecule is Cc1ccc2nc(-c3ccc(F)cc3F)cc(C(=O)O)c2c1. The molecule has 0 saturated carbocycles. The van der Waals surface area contributed by atoms with Crippen molar-refractivity contribution in [3.8, 4) is 11.3 Å². The summed E-state index contributed by atoms with van der Waals surface area (Å²) in [5.41, 5.74) is 1.60. The van der Waals surface area contributed by atoms with Gasteiger partial charge in [0.2, 0.25) is 0 Å². The molecule has 3 nitrogen and oxygen atoms in total. The Morgan fingerprint density at radius 3 is 2.55 bits per heavy atom. The summed E-state index contributed by atoms with van der Waals surface area (Å²) in [7, 11) is 0. The van der Waals surface area contributed by atoms with E-state index in [1.54, 1.807) is 18.2 Å². The average Bonchev–Trinajstić information content (AvgIpc) is 2.46. The Balaban J connectivity index is 2.32. The van der Waals surface area contributed by atoms with Gasteiger partial charge in [0.1, 0.15) is 11.6 Å². The second kappa shape index (κ2) is 5.18. The highest BCUT2D eigenvalue weighted by molar-refractivity contribution is 6.03. The number of carboxylic acid groups (broad SMARTS) is 1. The number of rotatable bonds is 2. The van der Waals surface area contributed by atoms with E-state index in [1.807, 2.05) is 6.92 Å². The molecule has 0 radical (unpaired) electrons. The van der Waals surface area contributed by atoms with Crippen molar-refractivity contribution in [2.24, 2.45) is 0 Å². The molecule has 22 heavy (non-hydrogen) atoms. The smallest absolute Gasteiger partial charge is 0.336 e. The van der Waals surface area contributed by atoms with Crippen LogP contribution in [0.25, 0.3) is 22.2 Å². The number of aromatic nitrogens is 1. The molecule has 0 saturated heterocycles. The maximum atomic E-state index is 13.9. The van der Waals surface area contributed by atoms with Gasteiger partial charge in [-0.15, -0.1) is 0 Å². The van der Waals surface area contributed by atoms with Crippen LogP contribution in [0.3, 0.4) is 0 Å². The molecule has 1 aromatic heterocycles. The van der Waals surface area contributed by atoms with E-state index in [0.29, 0.717) is 10.9 Å². The van der Waals surface area contributed by atoms with Gasteiger partial charge in [0.05, 0.1) is 16.8 Å². The molecule has 0 aliphatic carbocycles. The van der Waals surface area contributed by atoms with E-state index in [0.717, 1.165) is 17.7 Å². The lowest BCUT2D eigenvalue weighted by Gasteiger charge is -2.08. The molecule has 3 rings (SSSR count). The summed E-state index contributed by atoms with van der Waals surface area (Å²) in [5, 5.41) is 9.86. The fourth-order valence-electron chi connectivity index (χ4n) is 2.35. The lowest BCUT2D eigenvalue weighted by Crippen LogP contribution is -2.01. The zero-order valence-electron chi connectivity index (χ0n) is 11.6. The van der Waals surface area contributed by atoms with Crippen molar-refractivity contribution in [3.05, 3.63) is 65.2 Å². The largest absolute Gasteiger partial charge is 0.478 e. The fourth-order valence-corrected chi connectivity index (χ4v) is 2.35. The minimum Gasteiger partial charge on any atom is -0.478 e. The number of fused-ring (bicyclic) bond motifs is 1. The molecule has 1 N–H and O–H groups in total. The minimum atomic E-state index is -1.12. The third-order valence-electron chi connectivity index (χ3n) is 3.40. The van der Waals surface area contributed by atoms with E-state index in [1.165, 1.54) is 12.1 Å². The number of carboxylic acids is 1. The lowest BCUT2D eigenvalue weighted by atomic mass is 10.0. The minimum absolute atomic E-state index is 0.0347. The van der Waals surface area contributed by atoms with Crippen LogP contribution in [0.15, 0.2) is 42.5 Å². The molecule has 0 fully saturated rings. The van der Waals surface area contributed by atoms with E-state index in [-0.39, 0.29) is 16.8 Å². The van der Waals surface area contributed by atoms with E-state index in [9.17, 15) is 18.7 Å². The third-order valence-corrected chi connectivity index (χ3v) is 3.40. The van der Waals surface area contributed by atoms with Crippen LogP contribution in [0.4, 0.5) is 8.78 Å². The van der Waals surface area contributed by atoms with Crippen molar-refractivity contribution in [1.29, 1.82) is 0 Å². The van der Waals surface area contributed by atoms with Crippen LogP contribution in [0.1, 0.15) is 15.9 Å². The number of pyridine rings is 1. The number of aromatic carboxylic acids is 1. The number of aryl methyl sites for hydroxylation is 1. The quantitative estimate of drug-likeness (QED) is 0.772. The second-order valence-corrected chi connectivity index (χ2v) is 5.00. The monoisotopic (exact) mass is 299 g/mol. The first-order valence-corrected chi connectivity index (χ1v) is 6.56. The molecule has 3 aromatic rings. The molecule has 0 atom stereocenters. The molecule has 110 valence electrons. The molecule has 0 aliphatic heterocycles. The summed E-state index contributed by atoms with van der Waals surface area (Å²) >= 11 is 0. The van der Waals surface area contributed by atoms with Crippen molar-refractivity contribution < 1.29 is 18.7 Å². The van der Waals surface area contributed by atoms with Crippen LogP contribution in [-0.2, 0) is 0 Å². The van der Waals surface area contributed by atoms with Crippen LogP contribution < -0.4 is 0 Å². The van der Waals surface area contributed by atoms with E-state index < -0.39 is 17.6 Å². The van der Waals surface area contributed by atoms with Gasteiger partial charge in [-0.3, -0.25) is 0 Å². The highest BCUT2D eigenvalue weighted by Crippen LogP contribution is 2.27. The van der Waals surface area contributed by atoms with E-state index in [2.05, 4.69) is 4.98 Å². The lowest BCUT2D eigenvalue weighted by molar-refractivity contribution is 0.0699.